The second-order valence-electron chi connectivity index (χ2n) is 5.42. The summed E-state index contributed by atoms with van der Waals surface area (Å²) in [6.07, 6.45) is 7.02. The summed E-state index contributed by atoms with van der Waals surface area (Å²) in [4.78, 5) is 14.0. The Kier molecular flexibility index (Phi) is 2.92. The molecule has 0 saturated carbocycles. The van der Waals surface area contributed by atoms with E-state index in [4.69, 9.17) is 0 Å². The maximum atomic E-state index is 11.9. The van der Waals surface area contributed by atoms with E-state index < -0.39 is 0 Å². The van der Waals surface area contributed by atoms with Gasteiger partial charge in [-0.15, -0.1) is 6.58 Å². The molecule has 0 radical (unpaired) electrons. The first kappa shape index (κ1) is 11.4. The van der Waals surface area contributed by atoms with Crippen LogP contribution in [-0.4, -0.2) is 22.9 Å². The van der Waals surface area contributed by atoms with E-state index in [9.17, 15) is 4.79 Å². The average Bonchev–Trinajstić information content (AvgIpc) is 2.39. The highest BCUT2D eigenvalue weighted by atomic mass is 16.2. The lowest BCUT2D eigenvalue weighted by molar-refractivity contribution is -0.131. The van der Waals surface area contributed by atoms with Gasteiger partial charge in [0.1, 0.15) is 0 Å². The number of hydrogen-bond donors (Lipinski definition) is 0. The molecule has 2 aliphatic rings. The van der Waals surface area contributed by atoms with E-state index in [0.717, 1.165) is 38.6 Å². The van der Waals surface area contributed by atoms with Crippen LogP contribution in [0.1, 0.15) is 46.0 Å². The largest absolute Gasteiger partial charge is 0.336 e. The smallest absolute Gasteiger partial charge is 0.223 e. The van der Waals surface area contributed by atoms with E-state index in [1.165, 1.54) is 11.1 Å². The molecule has 0 spiro atoms. The van der Waals surface area contributed by atoms with Gasteiger partial charge in [0.05, 0.1) is 5.54 Å². The van der Waals surface area contributed by atoms with Gasteiger partial charge >= 0.3 is 0 Å². The third-order valence-corrected chi connectivity index (χ3v) is 3.76. The number of carbonyl (C=O) groups excluding carboxylic acids is 1. The van der Waals surface area contributed by atoms with Crippen molar-refractivity contribution in [3.05, 3.63) is 23.8 Å². The van der Waals surface area contributed by atoms with Crippen molar-refractivity contribution in [2.45, 2.75) is 51.5 Å². The number of amides is 1. The van der Waals surface area contributed by atoms with E-state index in [-0.39, 0.29) is 5.54 Å². The van der Waals surface area contributed by atoms with Crippen LogP contribution < -0.4 is 0 Å². The van der Waals surface area contributed by atoms with Gasteiger partial charge in [-0.05, 0) is 39.5 Å². The van der Waals surface area contributed by atoms with Gasteiger partial charge in [0.15, 0.2) is 0 Å². The molecular weight excluding hydrogens is 198 g/mol. The molecule has 2 rings (SSSR count). The maximum absolute atomic E-state index is 11.9. The average molecular weight is 219 g/mol. The van der Waals surface area contributed by atoms with Crippen LogP contribution in [0.2, 0.25) is 0 Å². The predicted octanol–water partition coefficient (Wildman–Crippen LogP) is 3.05. The van der Waals surface area contributed by atoms with Crippen molar-refractivity contribution in [2.75, 3.05) is 6.54 Å². The number of rotatable bonds is 2. The van der Waals surface area contributed by atoms with Gasteiger partial charge in [-0.2, -0.15) is 0 Å². The molecule has 1 fully saturated rings. The van der Waals surface area contributed by atoms with Crippen molar-refractivity contribution >= 4 is 5.91 Å². The molecule has 0 aliphatic carbocycles. The summed E-state index contributed by atoms with van der Waals surface area (Å²) in [7, 11) is 0. The molecule has 2 aliphatic heterocycles. The van der Waals surface area contributed by atoms with Gasteiger partial charge in [-0.1, -0.05) is 17.2 Å². The first-order valence-electron chi connectivity index (χ1n) is 6.14. The molecular formula is C14H21NO. The standard InChI is InChI=1S/C14H21NO/c1-11(2)9-14-7-6-13(16)15(14)8-4-5-12(3)10-14/h5H,1,4,6-10H2,2-3H3/t14-/m0/s1. The van der Waals surface area contributed by atoms with Gasteiger partial charge in [-0.3, -0.25) is 4.79 Å². The summed E-state index contributed by atoms with van der Waals surface area (Å²) < 4.78 is 0. The van der Waals surface area contributed by atoms with Crippen LogP contribution in [0.4, 0.5) is 0 Å². The van der Waals surface area contributed by atoms with Gasteiger partial charge in [0, 0.05) is 13.0 Å². The van der Waals surface area contributed by atoms with Crippen LogP contribution >= 0.6 is 0 Å². The van der Waals surface area contributed by atoms with Crippen molar-refractivity contribution in [1.29, 1.82) is 0 Å². The Labute approximate surface area is 98.0 Å². The van der Waals surface area contributed by atoms with Crippen LogP contribution in [0.25, 0.3) is 0 Å². The van der Waals surface area contributed by atoms with Crippen molar-refractivity contribution in [2.24, 2.45) is 0 Å². The summed E-state index contributed by atoms with van der Waals surface area (Å²) in [6, 6.07) is 0. The Bertz CT molecular complexity index is 356. The van der Waals surface area contributed by atoms with E-state index >= 15 is 0 Å². The van der Waals surface area contributed by atoms with Gasteiger partial charge in [0.25, 0.3) is 0 Å². The zero-order valence-corrected chi connectivity index (χ0v) is 10.4. The van der Waals surface area contributed by atoms with Crippen molar-refractivity contribution in [3.8, 4) is 0 Å². The number of nitrogens with zero attached hydrogens (tertiary/aromatic N) is 1. The lowest BCUT2D eigenvalue weighted by atomic mass is 9.83. The zero-order chi connectivity index (χ0) is 11.8. The molecule has 0 aromatic rings. The third kappa shape index (κ3) is 1.93. The van der Waals surface area contributed by atoms with Crippen LogP contribution in [0, 0.1) is 0 Å². The highest BCUT2D eigenvalue weighted by Crippen LogP contribution is 2.41. The molecule has 0 unspecified atom stereocenters. The molecule has 1 saturated heterocycles. The molecule has 0 N–H and O–H groups in total. The van der Waals surface area contributed by atoms with E-state index in [1.807, 2.05) is 0 Å². The lowest BCUT2D eigenvalue weighted by Crippen LogP contribution is -2.45. The number of fused-ring (bicyclic) bond motifs is 1. The van der Waals surface area contributed by atoms with E-state index in [1.54, 1.807) is 0 Å². The fourth-order valence-corrected chi connectivity index (χ4v) is 3.26. The molecule has 0 aromatic heterocycles. The van der Waals surface area contributed by atoms with E-state index in [0.29, 0.717) is 5.91 Å². The highest BCUT2D eigenvalue weighted by Gasteiger charge is 2.45. The summed E-state index contributed by atoms with van der Waals surface area (Å²) >= 11 is 0. The second kappa shape index (κ2) is 4.08. The summed E-state index contributed by atoms with van der Waals surface area (Å²) in [6.45, 7) is 9.18. The van der Waals surface area contributed by atoms with E-state index in [2.05, 4.69) is 31.4 Å². The zero-order valence-electron chi connectivity index (χ0n) is 10.4. The Balaban J connectivity index is 2.30. The lowest BCUT2D eigenvalue weighted by Gasteiger charge is -2.38. The minimum Gasteiger partial charge on any atom is -0.336 e. The fraction of sp³-hybridized carbons (Fsp3) is 0.643. The summed E-state index contributed by atoms with van der Waals surface area (Å²) in [5.41, 5.74) is 2.67. The molecule has 1 atom stereocenters. The highest BCUT2D eigenvalue weighted by molar-refractivity contribution is 5.80. The molecule has 0 aromatic carbocycles. The molecule has 2 heteroatoms. The van der Waals surface area contributed by atoms with Gasteiger partial charge in [-0.25, -0.2) is 0 Å². The van der Waals surface area contributed by atoms with Crippen LogP contribution in [0.3, 0.4) is 0 Å². The monoisotopic (exact) mass is 219 g/mol. The second-order valence-corrected chi connectivity index (χ2v) is 5.42. The molecule has 0 bridgehead atoms. The summed E-state index contributed by atoms with van der Waals surface area (Å²) in [5.74, 6) is 0.337. The van der Waals surface area contributed by atoms with Crippen molar-refractivity contribution < 1.29 is 4.79 Å². The van der Waals surface area contributed by atoms with Crippen molar-refractivity contribution in [1.82, 2.24) is 4.90 Å². The van der Waals surface area contributed by atoms with Crippen LogP contribution in [0.15, 0.2) is 23.8 Å². The maximum Gasteiger partial charge on any atom is 0.223 e. The minimum atomic E-state index is 0.0556. The van der Waals surface area contributed by atoms with Crippen molar-refractivity contribution in [3.63, 3.8) is 0 Å². The number of hydrogen-bond acceptors (Lipinski definition) is 1. The predicted molar refractivity (Wildman–Crippen MR) is 66.1 cm³/mol. The molecule has 2 heterocycles. The summed E-state index contributed by atoms with van der Waals surface area (Å²) in [5, 5.41) is 0. The topological polar surface area (TPSA) is 20.3 Å². The normalized spacial score (nSPS) is 29.8. The third-order valence-electron chi connectivity index (χ3n) is 3.76. The SMILES string of the molecule is C=C(C)C[C@]12CCC(=O)N1CCC=C(C)C2. The van der Waals surface area contributed by atoms with Gasteiger partial charge in [0.2, 0.25) is 5.91 Å². The molecule has 1 amide bonds. The Morgan fingerprint density at radius 1 is 1.62 bits per heavy atom. The minimum absolute atomic E-state index is 0.0556. The molecule has 2 nitrogen and oxygen atoms in total. The quantitative estimate of drug-likeness (QED) is 0.654. The number of carbonyl (C=O) groups is 1. The molecule has 88 valence electrons. The first-order valence-corrected chi connectivity index (χ1v) is 6.14. The first-order chi connectivity index (χ1) is 7.53. The Hall–Kier alpha value is -1.05. The van der Waals surface area contributed by atoms with Crippen LogP contribution in [-0.2, 0) is 4.79 Å². The Morgan fingerprint density at radius 3 is 3.06 bits per heavy atom. The fourth-order valence-electron chi connectivity index (χ4n) is 3.26. The molecule has 16 heavy (non-hydrogen) atoms. The Morgan fingerprint density at radius 2 is 2.38 bits per heavy atom. The van der Waals surface area contributed by atoms with Crippen LogP contribution in [0.5, 0.6) is 0 Å². The van der Waals surface area contributed by atoms with Gasteiger partial charge < -0.3 is 4.90 Å².